The van der Waals surface area contributed by atoms with Gasteiger partial charge in [0.25, 0.3) is 0 Å². The highest BCUT2D eigenvalue weighted by atomic mass is 16.6. The summed E-state index contributed by atoms with van der Waals surface area (Å²) >= 11 is 0. The Bertz CT molecular complexity index is 634. The van der Waals surface area contributed by atoms with Crippen molar-refractivity contribution < 1.29 is 23.8 Å². The Balaban J connectivity index is 1.49. The first-order valence-corrected chi connectivity index (χ1v) is 9.04. The van der Waals surface area contributed by atoms with E-state index >= 15 is 0 Å². The van der Waals surface area contributed by atoms with Gasteiger partial charge in [0.1, 0.15) is 5.75 Å². The Morgan fingerprint density at radius 2 is 1.88 bits per heavy atom. The second kappa shape index (κ2) is 7.16. The van der Waals surface area contributed by atoms with Crippen molar-refractivity contribution in [1.82, 2.24) is 0 Å². The number of carbonyl (C=O) groups excluding carboxylic acids is 2. The number of benzene rings is 1. The Morgan fingerprint density at radius 1 is 1.16 bits per heavy atom. The molecule has 0 spiro atoms. The van der Waals surface area contributed by atoms with Crippen LogP contribution in [0.2, 0.25) is 0 Å². The molecule has 3 rings (SSSR count). The van der Waals surface area contributed by atoms with Crippen LogP contribution in [-0.2, 0) is 14.3 Å². The van der Waals surface area contributed by atoms with Crippen molar-refractivity contribution in [3.8, 4) is 5.75 Å². The van der Waals surface area contributed by atoms with Gasteiger partial charge in [0.2, 0.25) is 0 Å². The van der Waals surface area contributed by atoms with Crippen molar-refractivity contribution >= 4 is 11.9 Å². The van der Waals surface area contributed by atoms with Crippen LogP contribution in [0.1, 0.15) is 56.8 Å². The summed E-state index contributed by atoms with van der Waals surface area (Å²) in [6.45, 7) is 6.08. The molecule has 0 radical (unpaired) electrons. The van der Waals surface area contributed by atoms with Crippen molar-refractivity contribution in [2.75, 3.05) is 6.61 Å². The van der Waals surface area contributed by atoms with Gasteiger partial charge in [-0.25, -0.2) is 4.79 Å². The summed E-state index contributed by atoms with van der Waals surface area (Å²) in [7, 11) is 0. The van der Waals surface area contributed by atoms with Gasteiger partial charge in [0, 0.05) is 0 Å². The SMILES string of the molecule is CCC(C)(C)C(=O)Oc1ccc(C(=O)OCC2CCC3OC3C2)cc1. The van der Waals surface area contributed by atoms with E-state index in [1.165, 1.54) is 0 Å². The van der Waals surface area contributed by atoms with Gasteiger partial charge in [-0.15, -0.1) is 0 Å². The van der Waals surface area contributed by atoms with Crippen molar-refractivity contribution in [1.29, 1.82) is 0 Å². The normalized spacial score (nSPS) is 25.0. The number of fused-ring (bicyclic) bond motifs is 1. The van der Waals surface area contributed by atoms with Crippen LogP contribution >= 0.6 is 0 Å². The molecule has 1 aliphatic heterocycles. The number of carbonyl (C=O) groups is 2. The van der Waals surface area contributed by atoms with E-state index in [1.54, 1.807) is 24.3 Å². The topological polar surface area (TPSA) is 65.1 Å². The number of rotatable bonds is 6. The minimum absolute atomic E-state index is 0.275. The van der Waals surface area contributed by atoms with Crippen LogP contribution in [0, 0.1) is 11.3 Å². The maximum absolute atomic E-state index is 12.2. The molecule has 1 saturated heterocycles. The molecular weight excluding hydrogens is 320 g/mol. The average molecular weight is 346 g/mol. The summed E-state index contributed by atoms with van der Waals surface area (Å²) in [5.41, 5.74) is -0.0621. The molecule has 2 aliphatic rings. The molecule has 0 amide bonds. The third-order valence-electron chi connectivity index (χ3n) is 5.30. The van der Waals surface area contributed by atoms with Gasteiger partial charge in [-0.1, -0.05) is 6.92 Å². The highest BCUT2D eigenvalue weighted by Crippen LogP contribution is 2.39. The maximum atomic E-state index is 12.2. The molecule has 3 atom stereocenters. The highest BCUT2D eigenvalue weighted by molar-refractivity contribution is 5.89. The van der Waals surface area contributed by atoms with E-state index in [4.69, 9.17) is 14.2 Å². The predicted octanol–water partition coefficient (Wildman–Crippen LogP) is 3.75. The summed E-state index contributed by atoms with van der Waals surface area (Å²) in [5, 5.41) is 0. The molecule has 1 saturated carbocycles. The molecule has 0 N–H and O–H groups in total. The lowest BCUT2D eigenvalue weighted by atomic mass is 9.90. The minimum Gasteiger partial charge on any atom is -0.462 e. The number of ether oxygens (including phenoxy) is 3. The third-order valence-corrected chi connectivity index (χ3v) is 5.30. The standard InChI is InChI=1S/C20H26O5/c1-4-20(2,3)19(22)24-15-8-6-14(7-9-15)18(21)23-12-13-5-10-16-17(11-13)25-16/h6-9,13,16-17H,4-5,10-12H2,1-3H3. The molecule has 136 valence electrons. The first-order valence-electron chi connectivity index (χ1n) is 9.04. The fraction of sp³-hybridized carbons (Fsp3) is 0.600. The van der Waals surface area contributed by atoms with Gasteiger partial charge in [0.05, 0.1) is 29.8 Å². The highest BCUT2D eigenvalue weighted by Gasteiger charge is 2.44. The number of esters is 2. The molecule has 3 unspecified atom stereocenters. The zero-order chi connectivity index (χ0) is 18.0. The van der Waals surface area contributed by atoms with E-state index in [2.05, 4.69) is 0 Å². The molecule has 1 aliphatic carbocycles. The number of epoxide rings is 1. The fourth-order valence-corrected chi connectivity index (χ4v) is 2.96. The largest absolute Gasteiger partial charge is 0.462 e. The Kier molecular flexibility index (Phi) is 5.13. The van der Waals surface area contributed by atoms with E-state index in [0.717, 1.165) is 19.3 Å². The zero-order valence-corrected chi connectivity index (χ0v) is 15.1. The van der Waals surface area contributed by atoms with Crippen LogP contribution in [-0.4, -0.2) is 30.8 Å². The van der Waals surface area contributed by atoms with Crippen LogP contribution in [0.15, 0.2) is 24.3 Å². The second-order valence-corrected chi connectivity index (χ2v) is 7.64. The summed E-state index contributed by atoms with van der Waals surface area (Å²) < 4.78 is 16.3. The van der Waals surface area contributed by atoms with Crippen LogP contribution < -0.4 is 4.74 Å². The van der Waals surface area contributed by atoms with Gasteiger partial charge in [-0.3, -0.25) is 4.79 Å². The molecule has 0 aromatic heterocycles. The Labute approximate surface area is 148 Å². The maximum Gasteiger partial charge on any atom is 0.338 e. The van der Waals surface area contributed by atoms with E-state index in [9.17, 15) is 9.59 Å². The van der Waals surface area contributed by atoms with E-state index in [-0.39, 0.29) is 11.9 Å². The molecule has 1 heterocycles. The Hall–Kier alpha value is -1.88. The number of hydrogen-bond donors (Lipinski definition) is 0. The summed E-state index contributed by atoms with van der Waals surface area (Å²) in [6.07, 6.45) is 4.65. The molecule has 5 heteroatoms. The summed E-state index contributed by atoms with van der Waals surface area (Å²) in [6, 6.07) is 6.52. The van der Waals surface area contributed by atoms with E-state index < -0.39 is 5.41 Å². The van der Waals surface area contributed by atoms with Crippen molar-refractivity contribution in [2.45, 2.75) is 58.7 Å². The fourth-order valence-electron chi connectivity index (χ4n) is 2.96. The monoisotopic (exact) mass is 346 g/mol. The van der Waals surface area contributed by atoms with Gasteiger partial charge >= 0.3 is 11.9 Å². The average Bonchev–Trinajstić information content (AvgIpc) is 3.39. The van der Waals surface area contributed by atoms with Crippen molar-refractivity contribution in [3.63, 3.8) is 0 Å². The lowest BCUT2D eigenvalue weighted by Gasteiger charge is -2.20. The zero-order valence-electron chi connectivity index (χ0n) is 15.1. The molecule has 1 aromatic rings. The third kappa shape index (κ3) is 4.40. The van der Waals surface area contributed by atoms with Gasteiger partial charge in [-0.05, 0) is 69.7 Å². The first kappa shape index (κ1) is 17.9. The quantitative estimate of drug-likeness (QED) is 0.446. The van der Waals surface area contributed by atoms with Gasteiger partial charge in [0.15, 0.2) is 0 Å². The van der Waals surface area contributed by atoms with Crippen LogP contribution in [0.5, 0.6) is 5.75 Å². The molecule has 2 fully saturated rings. The summed E-state index contributed by atoms with van der Waals surface area (Å²) in [5.74, 6) is 0.213. The summed E-state index contributed by atoms with van der Waals surface area (Å²) in [4.78, 5) is 24.2. The predicted molar refractivity (Wildman–Crippen MR) is 92.4 cm³/mol. The lowest BCUT2D eigenvalue weighted by Crippen LogP contribution is -2.28. The lowest BCUT2D eigenvalue weighted by molar-refractivity contribution is -0.144. The molecule has 5 nitrogen and oxygen atoms in total. The molecular formula is C20H26O5. The Morgan fingerprint density at radius 3 is 2.52 bits per heavy atom. The van der Waals surface area contributed by atoms with Gasteiger partial charge < -0.3 is 14.2 Å². The number of hydrogen-bond acceptors (Lipinski definition) is 5. The molecule has 1 aromatic carbocycles. The van der Waals surface area contributed by atoms with E-state index in [1.807, 2.05) is 20.8 Å². The van der Waals surface area contributed by atoms with E-state index in [0.29, 0.717) is 42.5 Å². The molecule has 25 heavy (non-hydrogen) atoms. The van der Waals surface area contributed by atoms with Crippen LogP contribution in [0.4, 0.5) is 0 Å². The van der Waals surface area contributed by atoms with Gasteiger partial charge in [-0.2, -0.15) is 0 Å². The van der Waals surface area contributed by atoms with Crippen LogP contribution in [0.25, 0.3) is 0 Å². The minimum atomic E-state index is -0.526. The van der Waals surface area contributed by atoms with Crippen LogP contribution in [0.3, 0.4) is 0 Å². The first-order chi connectivity index (χ1) is 11.9. The smallest absolute Gasteiger partial charge is 0.338 e. The van der Waals surface area contributed by atoms with Crippen molar-refractivity contribution in [3.05, 3.63) is 29.8 Å². The second-order valence-electron chi connectivity index (χ2n) is 7.64. The van der Waals surface area contributed by atoms with Crippen molar-refractivity contribution in [2.24, 2.45) is 11.3 Å². The molecule has 0 bridgehead atoms.